The number of nitrogen functional groups attached to an aromatic ring is 1. The Morgan fingerprint density at radius 2 is 2.32 bits per heavy atom. The number of aromatic nitrogens is 3. The first-order valence-corrected chi connectivity index (χ1v) is 6.65. The largest absolute Gasteiger partial charge is 0.382 e. The number of fused-ring (bicyclic) bond motifs is 1. The van der Waals surface area contributed by atoms with Gasteiger partial charge >= 0.3 is 0 Å². The van der Waals surface area contributed by atoms with Gasteiger partial charge in [-0.1, -0.05) is 0 Å². The van der Waals surface area contributed by atoms with Gasteiger partial charge in [0.25, 0.3) is 0 Å². The molecule has 1 atom stereocenters. The van der Waals surface area contributed by atoms with Crippen LogP contribution in [0.15, 0.2) is 18.6 Å². The molecule has 1 saturated heterocycles. The van der Waals surface area contributed by atoms with Gasteiger partial charge in [0, 0.05) is 32.0 Å². The molecule has 0 radical (unpaired) electrons. The second-order valence-electron chi connectivity index (χ2n) is 5.32. The number of rotatable bonds is 2. The molecule has 6 heteroatoms. The predicted molar refractivity (Wildman–Crippen MR) is 76.3 cm³/mol. The number of nitrogens with two attached hydrogens (primary N) is 1. The SMILES string of the molecule is CN1CCCC(N(C)c2nc(N)cn3ccnc23)C1. The molecule has 0 aromatic carbocycles. The van der Waals surface area contributed by atoms with Crippen LogP contribution in [0.5, 0.6) is 0 Å². The van der Waals surface area contributed by atoms with Gasteiger partial charge in [-0.3, -0.25) is 0 Å². The maximum Gasteiger partial charge on any atom is 0.180 e. The Labute approximate surface area is 112 Å². The highest BCUT2D eigenvalue weighted by Crippen LogP contribution is 2.23. The van der Waals surface area contributed by atoms with E-state index in [2.05, 4.69) is 33.9 Å². The smallest absolute Gasteiger partial charge is 0.180 e. The summed E-state index contributed by atoms with van der Waals surface area (Å²) >= 11 is 0. The van der Waals surface area contributed by atoms with Crippen LogP contribution in [0.25, 0.3) is 5.65 Å². The van der Waals surface area contributed by atoms with Gasteiger partial charge in [-0.05, 0) is 26.4 Å². The average molecular weight is 260 g/mol. The van der Waals surface area contributed by atoms with E-state index in [1.165, 1.54) is 19.4 Å². The summed E-state index contributed by atoms with van der Waals surface area (Å²) in [7, 11) is 4.25. The lowest BCUT2D eigenvalue weighted by molar-refractivity contribution is 0.247. The van der Waals surface area contributed by atoms with E-state index in [9.17, 15) is 0 Å². The van der Waals surface area contributed by atoms with Crippen LogP contribution in [0.3, 0.4) is 0 Å². The summed E-state index contributed by atoms with van der Waals surface area (Å²) in [5.74, 6) is 1.39. The van der Waals surface area contributed by atoms with Gasteiger partial charge < -0.3 is 19.9 Å². The van der Waals surface area contributed by atoms with E-state index in [4.69, 9.17) is 5.73 Å². The summed E-state index contributed by atoms with van der Waals surface area (Å²) < 4.78 is 1.93. The third-order valence-corrected chi connectivity index (χ3v) is 3.86. The van der Waals surface area contributed by atoms with Gasteiger partial charge in [0.1, 0.15) is 5.82 Å². The maximum absolute atomic E-state index is 5.88. The van der Waals surface area contributed by atoms with E-state index in [1.54, 1.807) is 12.4 Å². The number of likely N-dealkylation sites (N-methyl/N-ethyl adjacent to an activating group) is 2. The maximum atomic E-state index is 5.88. The summed E-state index contributed by atoms with van der Waals surface area (Å²) in [5.41, 5.74) is 6.75. The van der Waals surface area contributed by atoms with E-state index in [-0.39, 0.29) is 0 Å². The summed E-state index contributed by atoms with van der Waals surface area (Å²) in [6.07, 6.45) is 7.88. The molecule has 102 valence electrons. The molecule has 1 unspecified atom stereocenters. The summed E-state index contributed by atoms with van der Waals surface area (Å²) in [4.78, 5) is 13.4. The molecule has 0 spiro atoms. The van der Waals surface area contributed by atoms with Crippen molar-refractivity contribution in [1.29, 1.82) is 0 Å². The molecule has 0 aliphatic carbocycles. The van der Waals surface area contributed by atoms with Crippen LogP contribution in [0.4, 0.5) is 11.6 Å². The molecule has 3 heterocycles. The zero-order valence-corrected chi connectivity index (χ0v) is 11.5. The van der Waals surface area contributed by atoms with Crippen LogP contribution >= 0.6 is 0 Å². The fourth-order valence-electron chi connectivity index (χ4n) is 2.80. The van der Waals surface area contributed by atoms with Crippen molar-refractivity contribution in [3.05, 3.63) is 18.6 Å². The number of likely N-dealkylation sites (tertiary alicyclic amines) is 1. The van der Waals surface area contributed by atoms with Gasteiger partial charge in [0.2, 0.25) is 0 Å². The minimum absolute atomic E-state index is 0.466. The molecule has 0 amide bonds. The molecule has 0 bridgehead atoms. The second kappa shape index (κ2) is 4.70. The zero-order valence-electron chi connectivity index (χ0n) is 11.5. The molecule has 1 fully saturated rings. The molecule has 1 aliphatic heterocycles. The van der Waals surface area contributed by atoms with Gasteiger partial charge in [-0.25, -0.2) is 9.97 Å². The molecule has 2 N–H and O–H groups in total. The Bertz CT molecular complexity index is 578. The van der Waals surface area contributed by atoms with Crippen molar-refractivity contribution < 1.29 is 0 Å². The first-order chi connectivity index (χ1) is 9.15. The zero-order chi connectivity index (χ0) is 13.4. The quantitative estimate of drug-likeness (QED) is 0.867. The summed E-state index contributed by atoms with van der Waals surface area (Å²) in [6, 6.07) is 0.466. The first-order valence-electron chi connectivity index (χ1n) is 6.65. The van der Waals surface area contributed by atoms with Crippen LogP contribution in [0, 0.1) is 0 Å². The van der Waals surface area contributed by atoms with Crippen LogP contribution < -0.4 is 10.6 Å². The first kappa shape index (κ1) is 12.2. The highest BCUT2D eigenvalue weighted by Gasteiger charge is 2.24. The Kier molecular flexibility index (Phi) is 3.02. The Morgan fingerprint density at radius 1 is 1.47 bits per heavy atom. The van der Waals surface area contributed by atoms with Crippen molar-refractivity contribution in [3.8, 4) is 0 Å². The van der Waals surface area contributed by atoms with Gasteiger partial charge in [0.15, 0.2) is 11.5 Å². The monoisotopic (exact) mass is 260 g/mol. The lowest BCUT2D eigenvalue weighted by Crippen LogP contribution is -2.45. The number of piperidine rings is 1. The standard InChI is InChI=1S/C13H20N6/c1-17-6-3-4-10(8-17)18(2)13-12-15-5-7-19(12)9-11(14)16-13/h5,7,9-10H,3-4,6,8,14H2,1-2H3. The molecule has 6 nitrogen and oxygen atoms in total. The van der Waals surface area contributed by atoms with E-state index in [0.717, 1.165) is 18.0 Å². The van der Waals surface area contributed by atoms with Crippen molar-refractivity contribution in [2.24, 2.45) is 0 Å². The van der Waals surface area contributed by atoms with Gasteiger partial charge in [-0.15, -0.1) is 0 Å². The third-order valence-electron chi connectivity index (χ3n) is 3.86. The molecule has 2 aromatic heterocycles. The van der Waals surface area contributed by atoms with Crippen LogP contribution in [0.2, 0.25) is 0 Å². The number of hydrogen-bond donors (Lipinski definition) is 1. The van der Waals surface area contributed by atoms with Gasteiger partial charge in [0.05, 0.1) is 6.20 Å². The molecular weight excluding hydrogens is 240 g/mol. The van der Waals surface area contributed by atoms with Crippen molar-refractivity contribution in [2.75, 3.05) is 37.8 Å². The molecule has 19 heavy (non-hydrogen) atoms. The molecular formula is C13H20N6. The lowest BCUT2D eigenvalue weighted by Gasteiger charge is -2.36. The van der Waals surface area contributed by atoms with E-state index in [1.807, 2.05) is 10.6 Å². The fourth-order valence-corrected chi connectivity index (χ4v) is 2.80. The molecule has 2 aromatic rings. The Hall–Kier alpha value is -1.82. The second-order valence-corrected chi connectivity index (χ2v) is 5.32. The van der Waals surface area contributed by atoms with Crippen molar-refractivity contribution >= 4 is 17.3 Å². The Balaban J connectivity index is 1.96. The van der Waals surface area contributed by atoms with Gasteiger partial charge in [-0.2, -0.15) is 0 Å². The summed E-state index contributed by atoms with van der Waals surface area (Å²) in [5, 5.41) is 0. The van der Waals surface area contributed by atoms with Crippen molar-refractivity contribution in [3.63, 3.8) is 0 Å². The normalized spacial score (nSPS) is 20.8. The third kappa shape index (κ3) is 2.23. The van der Waals surface area contributed by atoms with Crippen LogP contribution in [-0.4, -0.2) is 52.5 Å². The number of imidazole rings is 1. The average Bonchev–Trinajstić information content (AvgIpc) is 2.85. The lowest BCUT2D eigenvalue weighted by atomic mass is 10.1. The van der Waals surface area contributed by atoms with E-state index < -0.39 is 0 Å². The van der Waals surface area contributed by atoms with Crippen molar-refractivity contribution in [2.45, 2.75) is 18.9 Å². The molecule has 3 rings (SSSR count). The number of nitrogens with zero attached hydrogens (tertiary/aromatic N) is 5. The summed E-state index contributed by atoms with van der Waals surface area (Å²) in [6.45, 7) is 2.23. The minimum Gasteiger partial charge on any atom is -0.382 e. The van der Waals surface area contributed by atoms with E-state index in [0.29, 0.717) is 11.9 Å². The van der Waals surface area contributed by atoms with Crippen molar-refractivity contribution in [1.82, 2.24) is 19.3 Å². The van der Waals surface area contributed by atoms with E-state index >= 15 is 0 Å². The number of hydrogen-bond acceptors (Lipinski definition) is 5. The minimum atomic E-state index is 0.466. The highest BCUT2D eigenvalue weighted by atomic mass is 15.3. The Morgan fingerprint density at radius 3 is 3.11 bits per heavy atom. The fraction of sp³-hybridized carbons (Fsp3) is 0.538. The molecule has 0 saturated carbocycles. The van der Waals surface area contributed by atoms with Crippen LogP contribution in [-0.2, 0) is 0 Å². The predicted octanol–water partition coefficient (Wildman–Crippen LogP) is 0.842. The number of anilines is 2. The highest BCUT2D eigenvalue weighted by molar-refractivity contribution is 5.66. The topological polar surface area (TPSA) is 62.7 Å². The van der Waals surface area contributed by atoms with Crippen LogP contribution in [0.1, 0.15) is 12.8 Å². The molecule has 1 aliphatic rings.